The molecular formula is C18H15Cl2N3O6. The number of hydrogen-bond acceptors (Lipinski definition) is 6. The Kier molecular flexibility index (Phi) is 5.54. The van der Waals surface area contributed by atoms with E-state index in [4.69, 9.17) is 23.2 Å². The summed E-state index contributed by atoms with van der Waals surface area (Å²) >= 11 is 12.5. The monoisotopic (exact) mass is 439 g/mol. The standard InChI is InChI=1S/C18H15Cl2N3O6/c1-8(24)21-22-14-6-10(19)5-12(20)17(14)11(7-15(22)18(26)27)9-2-3-16(25)13(4-9)23(28)29/h2-6,11,15,25H,7H2,1H3,(H,21,24)(H,26,27). The Morgan fingerprint density at radius 1 is 1.28 bits per heavy atom. The summed E-state index contributed by atoms with van der Waals surface area (Å²) in [6, 6.07) is 5.58. The molecule has 29 heavy (non-hydrogen) atoms. The number of aromatic hydroxyl groups is 1. The van der Waals surface area contributed by atoms with Crippen molar-refractivity contribution in [1.82, 2.24) is 5.43 Å². The molecule has 0 radical (unpaired) electrons. The predicted octanol–water partition coefficient (Wildman–Crippen LogP) is 3.45. The molecule has 0 spiro atoms. The van der Waals surface area contributed by atoms with Gasteiger partial charge in [-0.2, -0.15) is 0 Å². The van der Waals surface area contributed by atoms with Gasteiger partial charge in [0.1, 0.15) is 6.04 Å². The second-order valence-electron chi connectivity index (χ2n) is 6.51. The molecule has 2 aromatic carbocycles. The van der Waals surface area contributed by atoms with Crippen molar-refractivity contribution in [2.24, 2.45) is 0 Å². The number of phenolic OH excluding ortho intramolecular Hbond substituents is 1. The van der Waals surface area contributed by atoms with E-state index in [2.05, 4.69) is 5.43 Å². The van der Waals surface area contributed by atoms with E-state index in [0.717, 1.165) is 0 Å². The maximum absolute atomic E-state index is 11.9. The summed E-state index contributed by atoms with van der Waals surface area (Å²) in [5.41, 5.74) is 3.11. The van der Waals surface area contributed by atoms with Gasteiger partial charge in [-0.25, -0.2) is 4.79 Å². The third-order valence-corrected chi connectivity index (χ3v) is 5.14. The Bertz CT molecular complexity index is 1030. The number of nitro benzene ring substituents is 1. The van der Waals surface area contributed by atoms with Crippen LogP contribution in [0.1, 0.15) is 30.4 Å². The average molecular weight is 440 g/mol. The van der Waals surface area contributed by atoms with Crippen LogP contribution in [0.15, 0.2) is 30.3 Å². The van der Waals surface area contributed by atoms with E-state index in [-0.39, 0.29) is 22.2 Å². The maximum Gasteiger partial charge on any atom is 0.328 e. The molecule has 1 amide bonds. The molecule has 0 bridgehead atoms. The second kappa shape index (κ2) is 7.76. The molecule has 0 saturated heterocycles. The minimum atomic E-state index is -1.21. The summed E-state index contributed by atoms with van der Waals surface area (Å²) in [7, 11) is 0. The molecular weight excluding hydrogens is 425 g/mol. The van der Waals surface area contributed by atoms with E-state index in [0.29, 0.717) is 11.1 Å². The van der Waals surface area contributed by atoms with Crippen LogP contribution >= 0.6 is 23.2 Å². The number of anilines is 1. The van der Waals surface area contributed by atoms with Crippen LogP contribution in [0.3, 0.4) is 0 Å². The first-order valence-electron chi connectivity index (χ1n) is 8.35. The molecule has 0 aliphatic carbocycles. The summed E-state index contributed by atoms with van der Waals surface area (Å²) < 4.78 is 0. The SMILES string of the molecule is CC(=O)NN1c2cc(Cl)cc(Cl)c2C(c2ccc(O)c([N+](=O)[O-])c2)CC1C(=O)O. The molecule has 2 unspecified atom stereocenters. The number of nitrogens with one attached hydrogen (secondary N) is 1. The zero-order valence-electron chi connectivity index (χ0n) is 14.9. The fourth-order valence-corrected chi connectivity index (χ4v) is 4.07. The summed E-state index contributed by atoms with van der Waals surface area (Å²) in [6.45, 7) is 1.24. The number of hydrazine groups is 1. The number of hydrogen-bond donors (Lipinski definition) is 3. The Labute approximate surface area is 174 Å². The molecule has 1 aliphatic heterocycles. The van der Waals surface area contributed by atoms with Crippen LogP contribution in [0.5, 0.6) is 5.75 Å². The normalized spacial score (nSPS) is 18.1. The number of nitrogens with zero attached hydrogens (tertiary/aromatic N) is 2. The number of aliphatic carboxylic acids is 1. The quantitative estimate of drug-likeness (QED) is 0.490. The Balaban J connectivity index is 2.24. The Morgan fingerprint density at radius 3 is 2.55 bits per heavy atom. The van der Waals surface area contributed by atoms with Crippen molar-refractivity contribution in [2.75, 3.05) is 5.01 Å². The lowest BCUT2D eigenvalue weighted by Gasteiger charge is -2.40. The van der Waals surface area contributed by atoms with Gasteiger partial charge in [-0.15, -0.1) is 0 Å². The molecule has 0 aromatic heterocycles. The number of rotatable bonds is 4. The van der Waals surface area contributed by atoms with Gasteiger partial charge < -0.3 is 10.2 Å². The van der Waals surface area contributed by atoms with Crippen LogP contribution in [0, 0.1) is 10.1 Å². The largest absolute Gasteiger partial charge is 0.502 e. The Hall–Kier alpha value is -3.04. The first kappa shape index (κ1) is 20.7. The predicted molar refractivity (Wildman–Crippen MR) is 105 cm³/mol. The zero-order chi connectivity index (χ0) is 21.5. The van der Waals surface area contributed by atoms with Crippen LogP contribution in [0.25, 0.3) is 0 Å². The molecule has 0 fully saturated rings. The number of nitro groups is 1. The van der Waals surface area contributed by atoms with Gasteiger partial charge in [0.2, 0.25) is 5.91 Å². The van der Waals surface area contributed by atoms with Crippen LogP contribution in [0.2, 0.25) is 10.0 Å². The maximum atomic E-state index is 11.9. The summed E-state index contributed by atoms with van der Waals surface area (Å²) in [5.74, 6) is -2.86. The second-order valence-corrected chi connectivity index (χ2v) is 7.35. The molecule has 3 N–H and O–H groups in total. The van der Waals surface area contributed by atoms with Gasteiger partial charge in [0.15, 0.2) is 5.75 Å². The van der Waals surface area contributed by atoms with Crippen molar-refractivity contribution in [3.8, 4) is 5.75 Å². The van der Waals surface area contributed by atoms with Gasteiger partial charge in [-0.1, -0.05) is 29.3 Å². The molecule has 1 heterocycles. The van der Waals surface area contributed by atoms with Crippen molar-refractivity contribution >= 4 is 46.5 Å². The highest BCUT2D eigenvalue weighted by molar-refractivity contribution is 6.35. The third-order valence-electron chi connectivity index (χ3n) is 4.61. The first-order valence-corrected chi connectivity index (χ1v) is 9.11. The molecule has 0 saturated carbocycles. The molecule has 9 nitrogen and oxygen atoms in total. The van der Waals surface area contributed by atoms with Gasteiger partial charge in [0.05, 0.1) is 10.6 Å². The molecule has 152 valence electrons. The average Bonchev–Trinajstić information content (AvgIpc) is 2.61. The van der Waals surface area contributed by atoms with Gasteiger partial charge >= 0.3 is 11.7 Å². The van der Waals surface area contributed by atoms with Crippen molar-refractivity contribution in [1.29, 1.82) is 0 Å². The molecule has 1 aliphatic rings. The van der Waals surface area contributed by atoms with E-state index in [1.807, 2.05) is 0 Å². The number of carboxylic acids is 1. The fraction of sp³-hybridized carbons (Fsp3) is 0.222. The summed E-state index contributed by atoms with van der Waals surface area (Å²) in [6.07, 6.45) is -0.0358. The minimum absolute atomic E-state index is 0.0358. The first-order chi connectivity index (χ1) is 13.6. The number of carboxylic acid groups (broad SMARTS) is 1. The van der Waals surface area contributed by atoms with Crippen LogP contribution in [0.4, 0.5) is 11.4 Å². The minimum Gasteiger partial charge on any atom is -0.502 e. The van der Waals surface area contributed by atoms with Gasteiger partial charge in [-0.3, -0.25) is 25.3 Å². The smallest absolute Gasteiger partial charge is 0.328 e. The Morgan fingerprint density at radius 2 is 1.97 bits per heavy atom. The highest BCUT2D eigenvalue weighted by Gasteiger charge is 2.40. The van der Waals surface area contributed by atoms with Crippen molar-refractivity contribution < 1.29 is 24.7 Å². The number of fused-ring (bicyclic) bond motifs is 1. The van der Waals surface area contributed by atoms with E-state index in [1.165, 1.54) is 42.3 Å². The van der Waals surface area contributed by atoms with Gasteiger partial charge in [-0.05, 0) is 30.2 Å². The molecule has 2 aromatic rings. The van der Waals surface area contributed by atoms with E-state index in [1.54, 1.807) is 0 Å². The van der Waals surface area contributed by atoms with Crippen LogP contribution < -0.4 is 10.4 Å². The van der Waals surface area contributed by atoms with Crippen molar-refractivity contribution in [3.05, 3.63) is 61.6 Å². The van der Waals surface area contributed by atoms with Gasteiger partial charge in [0.25, 0.3) is 0 Å². The van der Waals surface area contributed by atoms with Crippen molar-refractivity contribution in [2.45, 2.75) is 25.3 Å². The topological polar surface area (TPSA) is 133 Å². The molecule has 11 heteroatoms. The number of carbonyl (C=O) groups excluding carboxylic acids is 1. The zero-order valence-corrected chi connectivity index (χ0v) is 16.4. The number of carbonyl (C=O) groups is 2. The molecule has 3 rings (SSSR count). The molecule has 2 atom stereocenters. The number of halogens is 2. The summed E-state index contributed by atoms with van der Waals surface area (Å²) in [4.78, 5) is 34.1. The van der Waals surface area contributed by atoms with Crippen molar-refractivity contribution in [3.63, 3.8) is 0 Å². The van der Waals surface area contributed by atoms with Crippen LogP contribution in [-0.4, -0.2) is 33.1 Å². The lowest BCUT2D eigenvalue weighted by atomic mass is 9.81. The lowest BCUT2D eigenvalue weighted by molar-refractivity contribution is -0.385. The fourth-order valence-electron chi connectivity index (χ4n) is 3.46. The highest BCUT2D eigenvalue weighted by atomic mass is 35.5. The van der Waals surface area contributed by atoms with Crippen LogP contribution in [-0.2, 0) is 9.59 Å². The summed E-state index contributed by atoms with van der Waals surface area (Å²) in [5, 5.41) is 32.3. The highest BCUT2D eigenvalue weighted by Crippen LogP contribution is 2.47. The lowest BCUT2D eigenvalue weighted by Crippen LogP contribution is -2.54. The third kappa shape index (κ3) is 3.92. The van der Waals surface area contributed by atoms with E-state index in [9.17, 15) is 29.9 Å². The number of amides is 1. The number of phenols is 1. The number of benzene rings is 2. The van der Waals surface area contributed by atoms with Gasteiger partial charge in [0, 0.05) is 34.5 Å². The van der Waals surface area contributed by atoms with E-state index >= 15 is 0 Å². The van der Waals surface area contributed by atoms with E-state index < -0.39 is 40.2 Å².